The molecule has 6 heteroatoms. The molecule has 0 spiro atoms. The Balaban J connectivity index is 1.83. The van der Waals surface area contributed by atoms with Gasteiger partial charge in [-0.3, -0.25) is 9.10 Å². The van der Waals surface area contributed by atoms with Crippen LogP contribution in [0.5, 0.6) is 0 Å². The van der Waals surface area contributed by atoms with Gasteiger partial charge in [-0.2, -0.15) is 0 Å². The zero-order valence-corrected chi connectivity index (χ0v) is 15.9. The molecule has 0 unspecified atom stereocenters. The molecule has 2 aromatic carbocycles. The quantitative estimate of drug-likeness (QED) is 0.877. The number of sulfonamides is 1. The van der Waals surface area contributed by atoms with E-state index in [1.165, 1.54) is 9.87 Å². The number of fused-ring (bicyclic) bond motifs is 1. The first-order chi connectivity index (χ1) is 12.4. The number of carbonyl (C=O) groups is 1. The molecule has 0 saturated carbocycles. The van der Waals surface area contributed by atoms with Crippen molar-refractivity contribution in [1.29, 1.82) is 0 Å². The molecular weight excluding hydrogens is 348 g/mol. The van der Waals surface area contributed by atoms with E-state index in [0.29, 0.717) is 5.69 Å². The molecule has 5 nitrogen and oxygen atoms in total. The number of hydrogen-bond donors (Lipinski definition) is 1. The average molecular weight is 372 g/mol. The van der Waals surface area contributed by atoms with Crippen molar-refractivity contribution in [2.75, 3.05) is 10.6 Å². The van der Waals surface area contributed by atoms with Crippen molar-refractivity contribution >= 4 is 21.6 Å². The van der Waals surface area contributed by atoms with Crippen molar-refractivity contribution in [3.8, 4) is 0 Å². The highest BCUT2D eigenvalue weighted by molar-refractivity contribution is 7.92. The largest absolute Gasteiger partial charge is 0.347 e. The monoisotopic (exact) mass is 372 g/mol. The second-order valence-corrected chi connectivity index (χ2v) is 8.58. The second-order valence-electron chi connectivity index (χ2n) is 6.72. The van der Waals surface area contributed by atoms with Crippen LogP contribution < -0.4 is 9.62 Å². The van der Waals surface area contributed by atoms with Gasteiger partial charge in [0.2, 0.25) is 15.9 Å². The van der Waals surface area contributed by atoms with Gasteiger partial charge in [0.05, 0.1) is 18.0 Å². The summed E-state index contributed by atoms with van der Waals surface area (Å²) in [6, 6.07) is 15.9. The third-order valence-electron chi connectivity index (χ3n) is 4.79. The van der Waals surface area contributed by atoms with E-state index in [0.717, 1.165) is 31.1 Å². The number of carbonyl (C=O) groups excluding carboxylic acids is 1. The summed E-state index contributed by atoms with van der Waals surface area (Å²) in [6.07, 6.45) is 4.00. The van der Waals surface area contributed by atoms with Crippen LogP contribution in [0.4, 0.5) is 5.69 Å². The zero-order chi connectivity index (χ0) is 18.7. The Bertz CT molecular complexity index is 881. The maximum Gasteiger partial charge on any atom is 0.244 e. The maximum atomic E-state index is 12.9. The van der Waals surface area contributed by atoms with E-state index in [1.54, 1.807) is 31.2 Å². The summed E-state index contributed by atoms with van der Waals surface area (Å²) >= 11 is 0. The molecule has 3 rings (SSSR count). The molecule has 1 amide bonds. The van der Waals surface area contributed by atoms with Gasteiger partial charge < -0.3 is 5.32 Å². The number of anilines is 1. The van der Waals surface area contributed by atoms with E-state index in [9.17, 15) is 13.2 Å². The number of aryl methyl sites for hydroxylation is 1. The van der Waals surface area contributed by atoms with E-state index in [2.05, 4.69) is 11.4 Å². The van der Waals surface area contributed by atoms with Gasteiger partial charge in [-0.1, -0.05) is 42.5 Å². The third kappa shape index (κ3) is 3.90. The van der Waals surface area contributed by atoms with Crippen LogP contribution in [0.2, 0.25) is 0 Å². The molecule has 0 bridgehead atoms. The van der Waals surface area contributed by atoms with Crippen molar-refractivity contribution in [2.45, 2.75) is 38.3 Å². The molecule has 0 aromatic heterocycles. The molecule has 0 saturated heterocycles. The van der Waals surface area contributed by atoms with Crippen LogP contribution in [-0.4, -0.2) is 26.6 Å². The van der Waals surface area contributed by atoms with Gasteiger partial charge in [-0.05, 0) is 49.4 Å². The molecule has 1 N–H and O–H groups in total. The first-order valence-electron chi connectivity index (χ1n) is 8.80. The number of nitrogens with one attached hydrogen (secondary N) is 1. The van der Waals surface area contributed by atoms with E-state index in [4.69, 9.17) is 0 Å². The smallest absolute Gasteiger partial charge is 0.244 e. The highest BCUT2D eigenvalue weighted by Crippen LogP contribution is 2.30. The molecular formula is C20H24N2O3S. The molecule has 2 aromatic rings. The lowest BCUT2D eigenvalue weighted by atomic mass is 9.87. The number of para-hydroxylation sites is 1. The minimum Gasteiger partial charge on any atom is -0.347 e. The average Bonchev–Trinajstić information content (AvgIpc) is 2.62. The van der Waals surface area contributed by atoms with Crippen molar-refractivity contribution < 1.29 is 13.2 Å². The zero-order valence-electron chi connectivity index (χ0n) is 15.1. The molecule has 1 aliphatic rings. The lowest BCUT2D eigenvalue weighted by Gasteiger charge is -2.31. The highest BCUT2D eigenvalue weighted by Gasteiger charge is 2.31. The molecule has 0 aliphatic heterocycles. The number of benzene rings is 2. The fraction of sp³-hybridized carbons (Fsp3) is 0.350. The normalized spacial score (nSPS) is 17.8. The fourth-order valence-electron chi connectivity index (χ4n) is 3.58. The number of rotatable bonds is 5. The fourth-order valence-corrected chi connectivity index (χ4v) is 4.75. The summed E-state index contributed by atoms with van der Waals surface area (Å²) in [5.41, 5.74) is 2.87. The van der Waals surface area contributed by atoms with Gasteiger partial charge in [-0.15, -0.1) is 0 Å². The topological polar surface area (TPSA) is 66.5 Å². The van der Waals surface area contributed by atoms with Gasteiger partial charge in [0.25, 0.3) is 0 Å². The van der Waals surface area contributed by atoms with E-state index in [1.807, 2.05) is 24.3 Å². The van der Waals surface area contributed by atoms with Crippen LogP contribution in [0.1, 0.15) is 36.9 Å². The van der Waals surface area contributed by atoms with E-state index < -0.39 is 16.1 Å². The molecule has 0 heterocycles. The van der Waals surface area contributed by atoms with E-state index in [-0.39, 0.29) is 11.9 Å². The van der Waals surface area contributed by atoms with E-state index >= 15 is 0 Å². The van der Waals surface area contributed by atoms with Crippen LogP contribution in [0.15, 0.2) is 54.6 Å². The maximum absolute atomic E-state index is 12.9. The number of nitrogens with zero attached hydrogens (tertiary/aromatic N) is 1. The standard InChI is InChI=1S/C20H24N2O3S/c1-15(22(26(2,24)25)17-11-4-3-5-12-17)20(23)21-19-14-8-10-16-9-6-7-13-18(16)19/h3-7,9,11-13,15,19H,8,10,14H2,1-2H3,(H,21,23)/t15-,19+/m0/s1. The molecule has 0 fully saturated rings. The summed E-state index contributed by atoms with van der Waals surface area (Å²) in [5, 5.41) is 3.05. The van der Waals surface area contributed by atoms with Gasteiger partial charge in [0, 0.05) is 0 Å². The minimum absolute atomic E-state index is 0.0768. The number of amides is 1. The summed E-state index contributed by atoms with van der Waals surface area (Å²) < 4.78 is 25.8. The third-order valence-corrected chi connectivity index (χ3v) is 6.03. The number of hydrogen-bond acceptors (Lipinski definition) is 3. The van der Waals surface area contributed by atoms with Crippen molar-refractivity contribution in [2.24, 2.45) is 0 Å². The SMILES string of the molecule is C[C@@H](C(=O)N[C@@H]1CCCc2ccccc21)N(c1ccccc1)S(C)(=O)=O. The van der Waals surface area contributed by atoms with Gasteiger partial charge >= 0.3 is 0 Å². The lowest BCUT2D eigenvalue weighted by molar-refractivity contribution is -0.122. The second kappa shape index (κ2) is 7.50. The van der Waals surface area contributed by atoms with Crippen molar-refractivity contribution in [1.82, 2.24) is 5.32 Å². The predicted octanol–water partition coefficient (Wildman–Crippen LogP) is 3.03. The van der Waals surface area contributed by atoms with Gasteiger partial charge in [-0.25, -0.2) is 8.42 Å². The summed E-state index contributed by atoms with van der Waals surface area (Å²) in [5.74, 6) is -0.291. The van der Waals surface area contributed by atoms with Gasteiger partial charge in [0.1, 0.15) is 6.04 Å². The first-order valence-corrected chi connectivity index (χ1v) is 10.7. The molecule has 2 atom stereocenters. The Hall–Kier alpha value is -2.34. The van der Waals surface area contributed by atoms with Crippen LogP contribution in [0, 0.1) is 0 Å². The summed E-state index contributed by atoms with van der Waals surface area (Å²) in [6.45, 7) is 1.62. The first kappa shape index (κ1) is 18.5. The lowest BCUT2D eigenvalue weighted by Crippen LogP contribution is -2.49. The van der Waals surface area contributed by atoms with Crippen molar-refractivity contribution in [3.05, 3.63) is 65.7 Å². The van der Waals surface area contributed by atoms with Crippen LogP contribution >= 0.6 is 0 Å². The van der Waals surface area contributed by atoms with Crippen molar-refractivity contribution in [3.63, 3.8) is 0 Å². The highest BCUT2D eigenvalue weighted by atomic mass is 32.2. The van der Waals surface area contributed by atoms with Crippen LogP contribution in [-0.2, 0) is 21.2 Å². The van der Waals surface area contributed by atoms with Crippen LogP contribution in [0.3, 0.4) is 0 Å². The summed E-state index contributed by atoms with van der Waals surface area (Å²) in [7, 11) is -3.59. The predicted molar refractivity (Wildman–Crippen MR) is 103 cm³/mol. The molecule has 138 valence electrons. The molecule has 1 aliphatic carbocycles. The Morgan fingerprint density at radius 2 is 1.77 bits per heavy atom. The Morgan fingerprint density at radius 3 is 2.46 bits per heavy atom. The Kier molecular flexibility index (Phi) is 5.32. The Morgan fingerprint density at radius 1 is 1.12 bits per heavy atom. The molecule has 0 radical (unpaired) electrons. The minimum atomic E-state index is -3.59. The summed E-state index contributed by atoms with van der Waals surface area (Å²) in [4.78, 5) is 12.9. The van der Waals surface area contributed by atoms with Gasteiger partial charge in [0.15, 0.2) is 0 Å². The van der Waals surface area contributed by atoms with Crippen LogP contribution in [0.25, 0.3) is 0 Å². The molecule has 26 heavy (non-hydrogen) atoms. The Labute approximate surface area is 155 Å².